The van der Waals surface area contributed by atoms with Crippen LogP contribution < -0.4 is 10.4 Å². The lowest BCUT2D eigenvalue weighted by Gasteiger charge is -2.04. The Morgan fingerprint density at radius 3 is 2.73 bits per heavy atom. The minimum Gasteiger partial charge on any atom is -0.874 e. The van der Waals surface area contributed by atoms with Gasteiger partial charge in [0.15, 0.2) is 0 Å². The smallest absolute Gasteiger partial charge is 0.342 e. The fourth-order valence-electron chi connectivity index (χ4n) is 0.773. The minimum atomic E-state index is -0.870. The van der Waals surface area contributed by atoms with Crippen molar-refractivity contribution in [2.45, 2.75) is 0 Å². The molecule has 0 bridgehead atoms. The maximum atomic E-state index is 10.8. The summed E-state index contributed by atoms with van der Waals surface area (Å²) in [6.07, 6.45) is 0. The molecule has 1 aliphatic rings. The van der Waals surface area contributed by atoms with Crippen LogP contribution in [0.25, 0.3) is 0 Å². The van der Waals surface area contributed by atoms with Gasteiger partial charge in [0, 0.05) is 6.54 Å². The van der Waals surface area contributed by atoms with E-state index in [0.29, 0.717) is 0 Å². The van der Waals surface area contributed by atoms with Crippen molar-refractivity contribution in [2.24, 2.45) is 0 Å². The molecule has 0 atom stereocenters. The molecule has 1 amide bonds. The van der Waals surface area contributed by atoms with Crippen LogP contribution in [0.1, 0.15) is 0 Å². The largest absolute Gasteiger partial charge is 0.874 e. The fourth-order valence-corrected chi connectivity index (χ4v) is 0.773. The summed E-state index contributed by atoms with van der Waals surface area (Å²) in [5, 5.41) is 13.0. The van der Waals surface area contributed by atoms with Crippen LogP contribution in [-0.2, 0) is 14.3 Å². The quantitative estimate of drug-likeness (QED) is 0.348. The Hall–Kier alpha value is -1.52. The van der Waals surface area contributed by atoms with E-state index < -0.39 is 23.2 Å². The standard InChI is InChI=1S/C6H7NO4/c1-11-6(10)4-3(8)2-7-5(4)9/h8H,2H2,1H3,(H,7,9)/p-1. The number of carbonyl (C=O) groups excluding carboxylic acids is 2. The fraction of sp³-hybridized carbons (Fsp3) is 0.333. The Kier molecular flexibility index (Phi) is 1.80. The Morgan fingerprint density at radius 2 is 2.36 bits per heavy atom. The van der Waals surface area contributed by atoms with Crippen LogP contribution in [0, 0.1) is 0 Å². The summed E-state index contributed by atoms with van der Waals surface area (Å²) in [6.45, 7) is -0.108. The predicted octanol–water partition coefficient (Wildman–Crippen LogP) is -2.10. The summed E-state index contributed by atoms with van der Waals surface area (Å²) in [7, 11) is 1.12. The average molecular weight is 156 g/mol. The molecule has 0 saturated carbocycles. The first-order valence-corrected chi connectivity index (χ1v) is 2.93. The zero-order valence-electron chi connectivity index (χ0n) is 5.84. The van der Waals surface area contributed by atoms with Gasteiger partial charge in [0.05, 0.1) is 7.11 Å². The summed E-state index contributed by atoms with van der Waals surface area (Å²) in [4.78, 5) is 21.4. The van der Waals surface area contributed by atoms with Crippen LogP contribution in [0.3, 0.4) is 0 Å². The van der Waals surface area contributed by atoms with Crippen LogP contribution in [0.5, 0.6) is 0 Å². The third kappa shape index (κ3) is 1.17. The number of methoxy groups -OCH3 is 1. The molecular weight excluding hydrogens is 150 g/mol. The number of esters is 1. The lowest BCUT2D eigenvalue weighted by molar-refractivity contribution is -0.303. The van der Waals surface area contributed by atoms with Gasteiger partial charge >= 0.3 is 5.97 Å². The zero-order chi connectivity index (χ0) is 8.43. The lowest BCUT2D eigenvalue weighted by atomic mass is 10.2. The molecule has 5 nitrogen and oxygen atoms in total. The number of nitrogens with one attached hydrogen (secondary N) is 1. The van der Waals surface area contributed by atoms with Gasteiger partial charge in [0.2, 0.25) is 0 Å². The van der Waals surface area contributed by atoms with Crippen molar-refractivity contribution in [3.05, 3.63) is 11.3 Å². The molecule has 0 spiro atoms. The zero-order valence-corrected chi connectivity index (χ0v) is 5.84. The summed E-state index contributed by atoms with van der Waals surface area (Å²) in [5.41, 5.74) is -0.410. The van der Waals surface area contributed by atoms with E-state index >= 15 is 0 Å². The number of carbonyl (C=O) groups is 2. The van der Waals surface area contributed by atoms with E-state index in [2.05, 4.69) is 10.1 Å². The maximum absolute atomic E-state index is 10.8. The first-order valence-electron chi connectivity index (χ1n) is 2.93. The summed E-state index contributed by atoms with van der Waals surface area (Å²) < 4.78 is 4.22. The molecule has 0 aromatic rings. The van der Waals surface area contributed by atoms with E-state index in [1.165, 1.54) is 0 Å². The molecule has 0 fully saturated rings. The second-order valence-corrected chi connectivity index (χ2v) is 1.97. The third-order valence-corrected chi connectivity index (χ3v) is 1.30. The average Bonchev–Trinajstić information content (AvgIpc) is 2.30. The lowest BCUT2D eigenvalue weighted by Crippen LogP contribution is -2.21. The predicted molar refractivity (Wildman–Crippen MR) is 32.1 cm³/mol. The van der Waals surface area contributed by atoms with Crippen molar-refractivity contribution in [2.75, 3.05) is 13.7 Å². The molecule has 11 heavy (non-hydrogen) atoms. The van der Waals surface area contributed by atoms with Gasteiger partial charge in [-0.15, -0.1) is 0 Å². The van der Waals surface area contributed by atoms with Crippen molar-refractivity contribution in [3.63, 3.8) is 0 Å². The van der Waals surface area contributed by atoms with Gasteiger partial charge in [-0.3, -0.25) is 4.79 Å². The number of amides is 1. The summed E-state index contributed by atoms with van der Waals surface area (Å²) in [6, 6.07) is 0. The molecule has 1 N–H and O–H groups in total. The third-order valence-electron chi connectivity index (χ3n) is 1.30. The summed E-state index contributed by atoms with van der Waals surface area (Å²) in [5.74, 6) is -2.03. The Morgan fingerprint density at radius 1 is 1.73 bits per heavy atom. The van der Waals surface area contributed by atoms with Crippen molar-refractivity contribution in [1.29, 1.82) is 0 Å². The molecule has 0 aliphatic carbocycles. The monoisotopic (exact) mass is 156 g/mol. The van der Waals surface area contributed by atoms with E-state index in [-0.39, 0.29) is 6.54 Å². The number of hydrogen-bond donors (Lipinski definition) is 1. The van der Waals surface area contributed by atoms with Crippen molar-refractivity contribution >= 4 is 11.9 Å². The molecule has 0 saturated heterocycles. The van der Waals surface area contributed by atoms with Gasteiger partial charge in [-0.1, -0.05) is 5.76 Å². The highest BCUT2D eigenvalue weighted by atomic mass is 16.5. The van der Waals surface area contributed by atoms with E-state index in [9.17, 15) is 14.7 Å². The van der Waals surface area contributed by atoms with E-state index in [1.54, 1.807) is 0 Å². The first-order chi connectivity index (χ1) is 5.16. The molecular formula is C6H6NO4-. The van der Waals surface area contributed by atoms with Crippen LogP contribution in [0.15, 0.2) is 11.3 Å². The van der Waals surface area contributed by atoms with Gasteiger partial charge in [-0.2, -0.15) is 0 Å². The van der Waals surface area contributed by atoms with Crippen LogP contribution in [0.4, 0.5) is 0 Å². The second-order valence-electron chi connectivity index (χ2n) is 1.97. The first kappa shape index (κ1) is 7.59. The molecule has 60 valence electrons. The van der Waals surface area contributed by atoms with E-state index in [4.69, 9.17) is 0 Å². The number of ether oxygens (including phenoxy) is 1. The molecule has 0 aromatic heterocycles. The topological polar surface area (TPSA) is 78.5 Å². The normalized spacial score (nSPS) is 16.6. The Balaban J connectivity index is 2.92. The van der Waals surface area contributed by atoms with Gasteiger partial charge in [-0.25, -0.2) is 4.79 Å². The molecule has 1 heterocycles. The van der Waals surface area contributed by atoms with Gasteiger partial charge in [0.1, 0.15) is 5.57 Å². The van der Waals surface area contributed by atoms with Gasteiger partial charge in [-0.05, 0) is 0 Å². The molecule has 5 heteroatoms. The SMILES string of the molecule is COC(=O)C1=C([O-])CNC1=O. The molecule has 1 aliphatic heterocycles. The highest BCUT2D eigenvalue weighted by Crippen LogP contribution is 2.06. The minimum absolute atomic E-state index is 0.108. The summed E-state index contributed by atoms with van der Waals surface area (Å²) >= 11 is 0. The Bertz CT molecular complexity index is 243. The van der Waals surface area contributed by atoms with Crippen LogP contribution >= 0.6 is 0 Å². The number of rotatable bonds is 1. The van der Waals surface area contributed by atoms with Gasteiger partial charge in [0.25, 0.3) is 5.91 Å². The number of hydrogen-bond acceptors (Lipinski definition) is 4. The Labute approximate surface area is 62.6 Å². The highest BCUT2D eigenvalue weighted by molar-refractivity contribution is 6.18. The highest BCUT2D eigenvalue weighted by Gasteiger charge is 2.23. The van der Waals surface area contributed by atoms with Gasteiger partial charge < -0.3 is 15.2 Å². The molecule has 0 aromatic carbocycles. The van der Waals surface area contributed by atoms with Crippen LogP contribution in [-0.4, -0.2) is 25.5 Å². The van der Waals surface area contributed by atoms with Crippen molar-refractivity contribution in [1.82, 2.24) is 5.32 Å². The second kappa shape index (κ2) is 2.61. The van der Waals surface area contributed by atoms with Crippen molar-refractivity contribution < 1.29 is 19.4 Å². The molecule has 0 unspecified atom stereocenters. The van der Waals surface area contributed by atoms with Crippen LogP contribution in [0.2, 0.25) is 0 Å². The van der Waals surface area contributed by atoms with Crippen molar-refractivity contribution in [3.8, 4) is 0 Å². The molecule has 1 rings (SSSR count). The molecule has 0 radical (unpaired) electrons. The van der Waals surface area contributed by atoms with E-state index in [1.807, 2.05) is 0 Å². The van der Waals surface area contributed by atoms with E-state index in [0.717, 1.165) is 7.11 Å². The maximum Gasteiger partial charge on any atom is 0.342 e.